The lowest BCUT2D eigenvalue weighted by Gasteiger charge is -2.52. The third-order valence-corrected chi connectivity index (χ3v) is 6.03. The van der Waals surface area contributed by atoms with E-state index < -0.39 is 0 Å². The summed E-state index contributed by atoms with van der Waals surface area (Å²) in [6.07, 6.45) is 4.35. The first-order valence-corrected chi connectivity index (χ1v) is 7.29. The Balaban J connectivity index is 1.91. The smallest absolute Gasteiger partial charge is 0.0871 e. The van der Waals surface area contributed by atoms with Crippen molar-refractivity contribution >= 4 is 0 Å². The topological polar surface area (TPSA) is 9.23 Å². The zero-order chi connectivity index (χ0) is 12.5. The molecule has 0 radical (unpaired) electrons. The van der Waals surface area contributed by atoms with Crippen LogP contribution in [0.3, 0.4) is 0 Å². The van der Waals surface area contributed by atoms with Gasteiger partial charge in [-0.2, -0.15) is 0 Å². The molecule has 1 heterocycles. The Morgan fingerprint density at radius 2 is 1.94 bits per heavy atom. The zero-order valence-electron chi connectivity index (χ0n) is 11.6. The highest BCUT2D eigenvalue weighted by atomic mass is 16.5. The van der Waals surface area contributed by atoms with Crippen molar-refractivity contribution in [1.29, 1.82) is 0 Å². The van der Waals surface area contributed by atoms with Crippen LogP contribution in [0.15, 0.2) is 24.3 Å². The molecule has 2 bridgehead atoms. The second-order valence-electron chi connectivity index (χ2n) is 7.22. The quantitative estimate of drug-likeness (QED) is 0.661. The number of hydrogen-bond acceptors (Lipinski definition) is 1. The molecular formula is C17H22O. The van der Waals surface area contributed by atoms with Gasteiger partial charge in [-0.05, 0) is 61.5 Å². The Morgan fingerprint density at radius 3 is 2.78 bits per heavy atom. The van der Waals surface area contributed by atoms with Crippen LogP contribution in [0.5, 0.6) is 0 Å². The summed E-state index contributed by atoms with van der Waals surface area (Å²) >= 11 is 0. The van der Waals surface area contributed by atoms with Crippen LogP contribution >= 0.6 is 0 Å². The largest absolute Gasteiger partial charge is 0.367 e. The van der Waals surface area contributed by atoms with Gasteiger partial charge in [0.25, 0.3) is 0 Å². The van der Waals surface area contributed by atoms with E-state index in [9.17, 15) is 0 Å². The summed E-state index contributed by atoms with van der Waals surface area (Å²) in [5.74, 6) is 1.46. The Morgan fingerprint density at radius 1 is 1.17 bits per heavy atom. The molecule has 0 unspecified atom stereocenters. The van der Waals surface area contributed by atoms with E-state index in [0.29, 0.717) is 17.4 Å². The Labute approximate surface area is 110 Å². The molecule has 1 saturated carbocycles. The van der Waals surface area contributed by atoms with Crippen LogP contribution in [0.25, 0.3) is 0 Å². The normalized spacial score (nSPS) is 43.6. The molecule has 4 atom stereocenters. The SMILES string of the molecule is CC1(C)O[C@@H]2c3ccccc3[C@]3(C)CC[C@@H]1C[C@H]23. The van der Waals surface area contributed by atoms with Crippen molar-refractivity contribution in [3.63, 3.8) is 0 Å². The molecule has 0 spiro atoms. The summed E-state index contributed by atoms with van der Waals surface area (Å²) < 4.78 is 6.52. The molecule has 4 rings (SSSR count). The lowest BCUT2D eigenvalue weighted by Crippen LogP contribution is -2.50. The number of ether oxygens (including phenoxy) is 1. The van der Waals surface area contributed by atoms with Gasteiger partial charge in [0.2, 0.25) is 0 Å². The van der Waals surface area contributed by atoms with Crippen molar-refractivity contribution < 1.29 is 4.74 Å². The van der Waals surface area contributed by atoms with E-state index in [0.717, 1.165) is 5.92 Å². The minimum Gasteiger partial charge on any atom is -0.367 e. The van der Waals surface area contributed by atoms with E-state index in [1.165, 1.54) is 24.8 Å². The van der Waals surface area contributed by atoms with Crippen LogP contribution in [0.2, 0.25) is 0 Å². The van der Waals surface area contributed by atoms with E-state index in [2.05, 4.69) is 45.0 Å². The fourth-order valence-corrected chi connectivity index (χ4v) is 4.82. The van der Waals surface area contributed by atoms with Crippen LogP contribution in [-0.4, -0.2) is 5.60 Å². The standard InChI is InChI=1S/C17H22O/c1-16(2)11-8-9-17(3)13-7-5-4-6-12(13)15(18-16)14(17)10-11/h4-7,11,14-15H,8-10H2,1-3H3/t11-,14-,15-,17+/m1/s1. The second-order valence-corrected chi connectivity index (χ2v) is 7.22. The average Bonchev–Trinajstić information content (AvgIpc) is 2.61. The summed E-state index contributed by atoms with van der Waals surface area (Å²) in [6.45, 7) is 7.04. The molecule has 96 valence electrons. The average molecular weight is 242 g/mol. The van der Waals surface area contributed by atoms with Gasteiger partial charge < -0.3 is 4.74 Å². The van der Waals surface area contributed by atoms with Crippen LogP contribution in [0, 0.1) is 11.8 Å². The first kappa shape index (κ1) is 11.0. The minimum absolute atomic E-state index is 0.0555. The van der Waals surface area contributed by atoms with Crippen LogP contribution in [0.1, 0.15) is 57.3 Å². The summed E-state index contributed by atoms with van der Waals surface area (Å²) in [5.41, 5.74) is 3.46. The summed E-state index contributed by atoms with van der Waals surface area (Å²) in [6, 6.07) is 8.99. The highest BCUT2D eigenvalue weighted by Crippen LogP contribution is 2.63. The maximum atomic E-state index is 6.52. The van der Waals surface area contributed by atoms with Gasteiger partial charge in [0.05, 0.1) is 11.7 Å². The molecular weight excluding hydrogens is 220 g/mol. The van der Waals surface area contributed by atoms with Gasteiger partial charge in [0.15, 0.2) is 0 Å². The van der Waals surface area contributed by atoms with E-state index in [-0.39, 0.29) is 5.60 Å². The predicted molar refractivity (Wildman–Crippen MR) is 72.5 cm³/mol. The van der Waals surface area contributed by atoms with Gasteiger partial charge in [-0.3, -0.25) is 0 Å². The summed E-state index contributed by atoms with van der Waals surface area (Å²) in [5, 5.41) is 0. The van der Waals surface area contributed by atoms with E-state index in [1.807, 2.05) is 0 Å². The number of hydrogen-bond donors (Lipinski definition) is 0. The van der Waals surface area contributed by atoms with E-state index in [1.54, 1.807) is 5.56 Å². The molecule has 0 amide bonds. The molecule has 18 heavy (non-hydrogen) atoms. The Bertz CT molecular complexity index is 504. The van der Waals surface area contributed by atoms with Gasteiger partial charge in [0, 0.05) is 0 Å². The number of fused-ring (bicyclic) bond motifs is 4. The zero-order valence-corrected chi connectivity index (χ0v) is 11.6. The lowest BCUT2D eigenvalue weighted by molar-refractivity contribution is -0.192. The molecule has 1 aliphatic heterocycles. The maximum Gasteiger partial charge on any atom is 0.0871 e. The first-order valence-electron chi connectivity index (χ1n) is 7.29. The molecule has 0 N–H and O–H groups in total. The number of benzene rings is 1. The van der Waals surface area contributed by atoms with E-state index >= 15 is 0 Å². The highest BCUT2D eigenvalue weighted by Gasteiger charge is 2.58. The molecule has 1 nitrogen and oxygen atoms in total. The summed E-state index contributed by atoms with van der Waals surface area (Å²) in [7, 11) is 0. The minimum atomic E-state index is 0.0555. The van der Waals surface area contributed by atoms with Crippen molar-refractivity contribution in [2.75, 3.05) is 0 Å². The van der Waals surface area contributed by atoms with Crippen molar-refractivity contribution in [2.24, 2.45) is 11.8 Å². The molecule has 1 aromatic rings. The van der Waals surface area contributed by atoms with Crippen LogP contribution in [-0.2, 0) is 10.2 Å². The van der Waals surface area contributed by atoms with E-state index in [4.69, 9.17) is 4.74 Å². The Hall–Kier alpha value is -0.820. The molecule has 2 aliphatic carbocycles. The summed E-state index contributed by atoms with van der Waals surface area (Å²) in [4.78, 5) is 0. The van der Waals surface area contributed by atoms with Crippen LogP contribution < -0.4 is 0 Å². The second kappa shape index (κ2) is 3.19. The highest BCUT2D eigenvalue weighted by molar-refractivity contribution is 5.44. The lowest BCUT2D eigenvalue weighted by atomic mass is 9.60. The van der Waals surface area contributed by atoms with Gasteiger partial charge in [0.1, 0.15) is 0 Å². The maximum absolute atomic E-state index is 6.52. The third-order valence-electron chi connectivity index (χ3n) is 6.03. The molecule has 2 fully saturated rings. The monoisotopic (exact) mass is 242 g/mol. The molecule has 0 aromatic heterocycles. The van der Waals surface area contributed by atoms with Gasteiger partial charge >= 0.3 is 0 Å². The van der Waals surface area contributed by atoms with Crippen molar-refractivity contribution in [1.82, 2.24) is 0 Å². The first-order chi connectivity index (χ1) is 8.52. The molecule has 1 aromatic carbocycles. The Kier molecular flexibility index (Phi) is 1.96. The predicted octanol–water partition coefficient (Wildman–Crippen LogP) is 4.22. The fraction of sp³-hybridized carbons (Fsp3) is 0.647. The van der Waals surface area contributed by atoms with Crippen molar-refractivity contribution in [3.8, 4) is 0 Å². The van der Waals surface area contributed by atoms with Gasteiger partial charge in [-0.1, -0.05) is 31.2 Å². The third kappa shape index (κ3) is 1.17. The van der Waals surface area contributed by atoms with Crippen molar-refractivity contribution in [3.05, 3.63) is 35.4 Å². The van der Waals surface area contributed by atoms with Gasteiger partial charge in [-0.15, -0.1) is 0 Å². The van der Waals surface area contributed by atoms with Crippen LogP contribution in [0.4, 0.5) is 0 Å². The molecule has 3 aliphatic rings. The van der Waals surface area contributed by atoms with Crippen molar-refractivity contribution in [2.45, 2.75) is 57.2 Å². The molecule has 1 heteroatoms. The fourth-order valence-electron chi connectivity index (χ4n) is 4.82. The number of rotatable bonds is 0. The van der Waals surface area contributed by atoms with Gasteiger partial charge in [-0.25, -0.2) is 0 Å². The molecule has 1 saturated heterocycles.